The number of amides is 3. The molecule has 4 rings (SSSR count). The van der Waals surface area contributed by atoms with Crippen LogP contribution in [0.5, 0.6) is 0 Å². The third kappa shape index (κ3) is 4.72. The van der Waals surface area contributed by atoms with Gasteiger partial charge in [0.2, 0.25) is 5.91 Å². The second kappa shape index (κ2) is 9.16. The lowest BCUT2D eigenvalue weighted by molar-refractivity contribution is -0.117. The van der Waals surface area contributed by atoms with Gasteiger partial charge in [-0.25, -0.2) is 0 Å². The van der Waals surface area contributed by atoms with E-state index in [1.807, 2.05) is 4.90 Å². The lowest BCUT2D eigenvalue weighted by Gasteiger charge is -2.34. The maximum absolute atomic E-state index is 12.7. The molecule has 31 heavy (non-hydrogen) atoms. The minimum Gasteiger partial charge on any atom is -0.365 e. The number of piperazine rings is 1. The van der Waals surface area contributed by atoms with Crippen LogP contribution in [0, 0.1) is 0 Å². The van der Waals surface area contributed by atoms with Gasteiger partial charge in [-0.05, 0) is 43.0 Å². The highest BCUT2D eigenvalue weighted by molar-refractivity contribution is 7.17. The monoisotopic (exact) mass is 480 g/mol. The zero-order valence-corrected chi connectivity index (χ0v) is 19.1. The smallest absolute Gasteiger partial charge is 0.255 e. The molecule has 10 heteroatoms. The first-order valence-corrected chi connectivity index (χ1v) is 11.6. The third-order valence-electron chi connectivity index (χ3n) is 5.61. The summed E-state index contributed by atoms with van der Waals surface area (Å²) in [5.41, 5.74) is 7.42. The number of nitrogens with zero attached hydrogens (tertiary/aromatic N) is 2. The topological polar surface area (TPSA) is 95.7 Å². The minimum atomic E-state index is -0.498. The standard InChI is InChI=1S/C21H22Cl2N4O3S/c22-12-4-5-13(15(23)10-12)21(30)27-8-6-26(7-9-27)11-17(28)25-20-18(19(24)29)14-2-1-3-16(14)31-20/h4-5,10H,1-3,6-9,11H2,(H2,24,29)(H,25,28). The average Bonchev–Trinajstić information content (AvgIpc) is 3.28. The molecule has 2 heterocycles. The second-order valence-electron chi connectivity index (χ2n) is 7.67. The molecule has 1 aromatic carbocycles. The number of hydrogen-bond acceptors (Lipinski definition) is 5. The molecule has 2 aromatic rings. The van der Waals surface area contributed by atoms with Crippen LogP contribution in [-0.4, -0.2) is 60.2 Å². The quantitative estimate of drug-likeness (QED) is 0.687. The zero-order valence-electron chi connectivity index (χ0n) is 16.7. The van der Waals surface area contributed by atoms with Crippen LogP contribution in [0.4, 0.5) is 5.00 Å². The fourth-order valence-electron chi connectivity index (χ4n) is 4.06. The van der Waals surface area contributed by atoms with Gasteiger partial charge in [-0.1, -0.05) is 23.2 Å². The summed E-state index contributed by atoms with van der Waals surface area (Å²) in [7, 11) is 0. The van der Waals surface area contributed by atoms with Crippen molar-refractivity contribution in [1.82, 2.24) is 9.80 Å². The maximum atomic E-state index is 12.7. The Labute approximate surface area is 194 Å². The van der Waals surface area contributed by atoms with Crippen molar-refractivity contribution in [1.29, 1.82) is 0 Å². The van der Waals surface area contributed by atoms with Crippen LogP contribution >= 0.6 is 34.5 Å². The molecule has 1 aliphatic carbocycles. The van der Waals surface area contributed by atoms with Gasteiger partial charge in [-0.2, -0.15) is 0 Å². The number of aryl methyl sites for hydroxylation is 1. The number of fused-ring (bicyclic) bond motifs is 1. The summed E-state index contributed by atoms with van der Waals surface area (Å²) < 4.78 is 0. The first-order valence-electron chi connectivity index (χ1n) is 10.0. The summed E-state index contributed by atoms with van der Waals surface area (Å²) in [6.07, 6.45) is 2.76. The predicted octanol–water partition coefficient (Wildman–Crippen LogP) is 3.04. The highest BCUT2D eigenvalue weighted by atomic mass is 35.5. The molecule has 0 unspecified atom stereocenters. The summed E-state index contributed by atoms with van der Waals surface area (Å²) in [5.74, 6) is -0.837. The highest BCUT2D eigenvalue weighted by Crippen LogP contribution is 2.38. The van der Waals surface area contributed by atoms with E-state index in [0.717, 1.165) is 29.7 Å². The number of thiophene rings is 1. The van der Waals surface area contributed by atoms with E-state index in [1.54, 1.807) is 23.1 Å². The Morgan fingerprint density at radius 1 is 1.10 bits per heavy atom. The van der Waals surface area contributed by atoms with E-state index in [1.165, 1.54) is 11.3 Å². The van der Waals surface area contributed by atoms with Gasteiger partial charge in [0.1, 0.15) is 5.00 Å². The van der Waals surface area contributed by atoms with Crippen LogP contribution in [-0.2, 0) is 17.6 Å². The molecule has 1 aromatic heterocycles. The van der Waals surface area contributed by atoms with Gasteiger partial charge in [-0.15, -0.1) is 11.3 Å². The third-order valence-corrected chi connectivity index (χ3v) is 7.36. The van der Waals surface area contributed by atoms with E-state index >= 15 is 0 Å². The number of hydrogen-bond donors (Lipinski definition) is 2. The van der Waals surface area contributed by atoms with E-state index in [9.17, 15) is 14.4 Å². The van der Waals surface area contributed by atoms with Gasteiger partial charge in [0.15, 0.2) is 0 Å². The van der Waals surface area contributed by atoms with E-state index in [2.05, 4.69) is 5.32 Å². The van der Waals surface area contributed by atoms with E-state index < -0.39 is 5.91 Å². The van der Waals surface area contributed by atoms with E-state index in [-0.39, 0.29) is 18.4 Å². The van der Waals surface area contributed by atoms with Crippen molar-refractivity contribution in [2.24, 2.45) is 5.73 Å². The van der Waals surface area contributed by atoms with Crippen molar-refractivity contribution in [3.05, 3.63) is 49.8 Å². The van der Waals surface area contributed by atoms with Crippen LogP contribution in [0.1, 0.15) is 37.6 Å². The maximum Gasteiger partial charge on any atom is 0.255 e. The molecule has 7 nitrogen and oxygen atoms in total. The largest absolute Gasteiger partial charge is 0.365 e. The van der Waals surface area contributed by atoms with Gasteiger partial charge in [-0.3, -0.25) is 19.3 Å². The first kappa shape index (κ1) is 22.1. The summed E-state index contributed by atoms with van der Waals surface area (Å²) in [6.45, 7) is 2.29. The first-order chi connectivity index (χ1) is 14.8. The number of rotatable bonds is 5. The molecule has 3 amide bonds. The molecule has 2 aliphatic rings. The summed E-state index contributed by atoms with van der Waals surface area (Å²) in [4.78, 5) is 42.0. The number of halogens is 2. The minimum absolute atomic E-state index is 0.148. The zero-order chi connectivity index (χ0) is 22.1. The van der Waals surface area contributed by atoms with Gasteiger partial charge in [0, 0.05) is 36.1 Å². The Hall–Kier alpha value is -2.13. The molecular weight excluding hydrogens is 459 g/mol. The number of carbonyl (C=O) groups is 3. The van der Waals surface area contributed by atoms with Crippen LogP contribution in [0.15, 0.2) is 18.2 Å². The fraction of sp³-hybridized carbons (Fsp3) is 0.381. The summed E-state index contributed by atoms with van der Waals surface area (Å²) >= 11 is 13.5. The van der Waals surface area contributed by atoms with Crippen molar-refractivity contribution in [3.8, 4) is 0 Å². The van der Waals surface area contributed by atoms with Crippen LogP contribution in [0.2, 0.25) is 10.0 Å². The summed E-state index contributed by atoms with van der Waals surface area (Å²) in [6, 6.07) is 4.82. The van der Waals surface area contributed by atoms with Crippen molar-refractivity contribution in [3.63, 3.8) is 0 Å². The number of nitrogens with two attached hydrogens (primary N) is 1. The second-order valence-corrected chi connectivity index (χ2v) is 9.62. The molecule has 1 saturated heterocycles. The Kier molecular flexibility index (Phi) is 6.52. The van der Waals surface area contributed by atoms with Gasteiger partial charge < -0.3 is 16.0 Å². The Morgan fingerprint density at radius 2 is 1.84 bits per heavy atom. The molecule has 0 atom stereocenters. The number of nitrogens with one attached hydrogen (secondary N) is 1. The molecule has 3 N–H and O–H groups in total. The van der Waals surface area contributed by atoms with Gasteiger partial charge in [0.25, 0.3) is 11.8 Å². The van der Waals surface area contributed by atoms with E-state index in [4.69, 9.17) is 28.9 Å². The molecular formula is C21H22Cl2N4O3S. The van der Waals surface area contributed by atoms with Crippen molar-refractivity contribution >= 4 is 57.3 Å². The Balaban J connectivity index is 1.33. The molecule has 0 radical (unpaired) electrons. The number of primary amides is 1. The molecule has 0 saturated carbocycles. The van der Waals surface area contributed by atoms with Crippen molar-refractivity contribution < 1.29 is 14.4 Å². The molecule has 0 spiro atoms. The fourth-order valence-corrected chi connectivity index (χ4v) is 5.86. The lowest BCUT2D eigenvalue weighted by atomic mass is 10.1. The van der Waals surface area contributed by atoms with E-state index in [0.29, 0.717) is 52.4 Å². The van der Waals surface area contributed by atoms with Crippen molar-refractivity contribution in [2.45, 2.75) is 19.3 Å². The SMILES string of the molecule is NC(=O)c1c(NC(=O)CN2CCN(C(=O)c3ccc(Cl)cc3Cl)CC2)sc2c1CCC2. The van der Waals surface area contributed by atoms with Crippen LogP contribution in [0.25, 0.3) is 0 Å². The lowest BCUT2D eigenvalue weighted by Crippen LogP contribution is -2.50. The summed E-state index contributed by atoms with van der Waals surface area (Å²) in [5, 5.41) is 4.22. The predicted molar refractivity (Wildman–Crippen MR) is 122 cm³/mol. The van der Waals surface area contributed by atoms with Crippen molar-refractivity contribution in [2.75, 3.05) is 38.0 Å². The Morgan fingerprint density at radius 3 is 2.52 bits per heavy atom. The van der Waals surface area contributed by atoms with Gasteiger partial charge >= 0.3 is 0 Å². The highest BCUT2D eigenvalue weighted by Gasteiger charge is 2.28. The van der Waals surface area contributed by atoms with Gasteiger partial charge in [0.05, 0.1) is 22.7 Å². The normalized spacial score (nSPS) is 16.3. The van der Waals surface area contributed by atoms with Crippen LogP contribution in [0.3, 0.4) is 0 Å². The molecule has 164 valence electrons. The Bertz CT molecular complexity index is 1050. The molecule has 0 bridgehead atoms. The molecule has 1 aliphatic heterocycles. The number of anilines is 1. The number of benzene rings is 1. The molecule has 1 fully saturated rings. The average molecular weight is 481 g/mol. The van der Waals surface area contributed by atoms with Crippen LogP contribution < -0.4 is 11.1 Å². The number of carbonyl (C=O) groups excluding carboxylic acids is 3.